The average Bonchev–Trinajstić information content (AvgIpc) is 2.69. The molecule has 0 aliphatic carbocycles. The summed E-state index contributed by atoms with van der Waals surface area (Å²) in [6, 6.07) is 12.9. The van der Waals surface area contributed by atoms with E-state index >= 15 is 0 Å². The van der Waals surface area contributed by atoms with E-state index in [2.05, 4.69) is 16.0 Å². The van der Waals surface area contributed by atoms with Crippen molar-refractivity contribution >= 4 is 29.3 Å². The van der Waals surface area contributed by atoms with Crippen LogP contribution in [0.4, 0.5) is 10.1 Å². The van der Waals surface area contributed by atoms with Crippen LogP contribution in [0.15, 0.2) is 48.5 Å². The monoisotopic (exact) mass is 387 g/mol. The van der Waals surface area contributed by atoms with Crippen LogP contribution in [0.3, 0.4) is 0 Å². The van der Waals surface area contributed by atoms with Gasteiger partial charge in [0.1, 0.15) is 5.82 Å². The molecule has 3 N–H and O–H groups in total. The minimum Gasteiger partial charge on any atom is -0.352 e. The van der Waals surface area contributed by atoms with E-state index < -0.39 is 0 Å². The van der Waals surface area contributed by atoms with Crippen molar-refractivity contribution in [3.05, 3.63) is 65.5 Å². The van der Waals surface area contributed by atoms with Gasteiger partial charge in [-0.15, -0.1) is 0 Å². The highest BCUT2D eigenvalue weighted by Gasteiger charge is 2.16. The molecular weight excluding hydrogens is 365 g/mol. The molecule has 1 fully saturated rings. The van der Waals surface area contributed by atoms with E-state index in [4.69, 9.17) is 0 Å². The number of nitrogens with one attached hydrogen (secondary N) is 3. The van der Waals surface area contributed by atoms with Crippen LogP contribution >= 0.6 is 11.8 Å². The first-order valence-electron chi connectivity index (χ1n) is 8.84. The van der Waals surface area contributed by atoms with Crippen LogP contribution in [0, 0.1) is 5.82 Å². The van der Waals surface area contributed by atoms with Gasteiger partial charge in [-0.3, -0.25) is 9.59 Å². The van der Waals surface area contributed by atoms with Gasteiger partial charge in [0.2, 0.25) is 5.91 Å². The Hall–Kier alpha value is -2.38. The second kappa shape index (κ2) is 9.53. The number of amides is 2. The minimum absolute atomic E-state index is 0.0214. The van der Waals surface area contributed by atoms with Crippen molar-refractivity contribution in [1.82, 2.24) is 10.6 Å². The van der Waals surface area contributed by atoms with Gasteiger partial charge in [0, 0.05) is 48.3 Å². The van der Waals surface area contributed by atoms with E-state index in [1.807, 2.05) is 23.9 Å². The molecule has 2 amide bonds. The second-order valence-corrected chi connectivity index (χ2v) is 7.51. The van der Waals surface area contributed by atoms with Crippen LogP contribution in [0.2, 0.25) is 0 Å². The molecule has 7 heteroatoms. The summed E-state index contributed by atoms with van der Waals surface area (Å²) in [7, 11) is 0. The molecule has 0 radical (unpaired) electrons. The third-order valence-corrected chi connectivity index (χ3v) is 5.37. The largest absolute Gasteiger partial charge is 0.352 e. The highest BCUT2D eigenvalue weighted by Crippen LogP contribution is 2.12. The molecule has 1 aliphatic rings. The third kappa shape index (κ3) is 6.08. The van der Waals surface area contributed by atoms with Crippen LogP contribution in [0.1, 0.15) is 22.3 Å². The molecule has 0 aromatic heterocycles. The SMILES string of the molecule is O=C(CC1CSCCN1)NCc1ccc(C(=O)Nc2ccc(F)cc2)cc1. The van der Waals surface area contributed by atoms with E-state index in [0.717, 1.165) is 23.6 Å². The fraction of sp³-hybridized carbons (Fsp3) is 0.300. The van der Waals surface area contributed by atoms with Crippen molar-refractivity contribution in [2.75, 3.05) is 23.4 Å². The zero-order valence-electron chi connectivity index (χ0n) is 14.8. The zero-order chi connectivity index (χ0) is 19.1. The standard InChI is InChI=1S/C20H22FN3O2S/c21-16-5-7-17(8-6-16)24-20(26)15-3-1-14(2-4-15)12-23-19(25)11-18-13-27-10-9-22-18/h1-8,18,22H,9-13H2,(H,23,25)(H,24,26). The van der Waals surface area contributed by atoms with Gasteiger partial charge in [-0.2, -0.15) is 11.8 Å². The lowest BCUT2D eigenvalue weighted by Crippen LogP contribution is -2.41. The first-order chi connectivity index (χ1) is 13.1. The highest BCUT2D eigenvalue weighted by atomic mass is 32.2. The summed E-state index contributed by atoms with van der Waals surface area (Å²) in [5, 5.41) is 8.98. The zero-order valence-corrected chi connectivity index (χ0v) is 15.7. The number of benzene rings is 2. The second-order valence-electron chi connectivity index (χ2n) is 6.36. The lowest BCUT2D eigenvalue weighted by molar-refractivity contribution is -0.121. The summed E-state index contributed by atoms with van der Waals surface area (Å²) in [6.45, 7) is 1.38. The molecular formula is C20H22FN3O2S. The van der Waals surface area contributed by atoms with Crippen molar-refractivity contribution in [2.24, 2.45) is 0 Å². The van der Waals surface area contributed by atoms with Crippen molar-refractivity contribution in [1.29, 1.82) is 0 Å². The molecule has 0 saturated carbocycles. The normalized spacial score (nSPS) is 16.6. The van der Waals surface area contributed by atoms with Crippen molar-refractivity contribution in [3.63, 3.8) is 0 Å². The molecule has 1 heterocycles. The van der Waals surface area contributed by atoms with E-state index in [1.165, 1.54) is 24.3 Å². The smallest absolute Gasteiger partial charge is 0.255 e. The summed E-state index contributed by atoms with van der Waals surface area (Å²) in [5.41, 5.74) is 1.96. The van der Waals surface area contributed by atoms with Crippen LogP contribution < -0.4 is 16.0 Å². The van der Waals surface area contributed by atoms with Crippen molar-refractivity contribution in [2.45, 2.75) is 19.0 Å². The summed E-state index contributed by atoms with van der Waals surface area (Å²) >= 11 is 1.87. The lowest BCUT2D eigenvalue weighted by Gasteiger charge is -2.22. The first kappa shape index (κ1) is 19.4. The maximum atomic E-state index is 12.9. The van der Waals surface area contributed by atoms with Gasteiger partial charge in [-0.05, 0) is 42.0 Å². The van der Waals surface area contributed by atoms with Crippen LogP contribution in [-0.2, 0) is 11.3 Å². The predicted molar refractivity (Wildman–Crippen MR) is 106 cm³/mol. The van der Waals surface area contributed by atoms with Crippen LogP contribution in [0.5, 0.6) is 0 Å². The van der Waals surface area contributed by atoms with Gasteiger partial charge >= 0.3 is 0 Å². The van der Waals surface area contributed by atoms with Gasteiger partial charge in [0.15, 0.2) is 0 Å². The molecule has 142 valence electrons. The van der Waals surface area contributed by atoms with Gasteiger partial charge in [-0.25, -0.2) is 4.39 Å². The van der Waals surface area contributed by atoms with Gasteiger partial charge < -0.3 is 16.0 Å². The Kier molecular flexibility index (Phi) is 6.84. The van der Waals surface area contributed by atoms with E-state index in [-0.39, 0.29) is 23.7 Å². The summed E-state index contributed by atoms with van der Waals surface area (Å²) < 4.78 is 12.9. The van der Waals surface area contributed by atoms with Crippen molar-refractivity contribution in [3.8, 4) is 0 Å². The molecule has 2 aromatic rings. The van der Waals surface area contributed by atoms with Gasteiger partial charge in [-0.1, -0.05) is 12.1 Å². The molecule has 0 spiro atoms. The number of thioether (sulfide) groups is 1. The Morgan fingerprint density at radius 3 is 2.52 bits per heavy atom. The number of hydrogen-bond donors (Lipinski definition) is 3. The molecule has 1 aliphatic heterocycles. The topological polar surface area (TPSA) is 70.2 Å². The molecule has 0 bridgehead atoms. The Balaban J connectivity index is 1.47. The third-order valence-electron chi connectivity index (χ3n) is 4.24. The molecule has 27 heavy (non-hydrogen) atoms. The van der Waals surface area contributed by atoms with Gasteiger partial charge in [0.25, 0.3) is 5.91 Å². The number of carbonyl (C=O) groups is 2. The minimum atomic E-state index is -0.350. The molecule has 1 unspecified atom stereocenters. The average molecular weight is 387 g/mol. The van der Waals surface area contributed by atoms with E-state index in [0.29, 0.717) is 24.2 Å². The lowest BCUT2D eigenvalue weighted by atomic mass is 10.1. The molecule has 1 atom stereocenters. The van der Waals surface area contributed by atoms with E-state index in [9.17, 15) is 14.0 Å². The van der Waals surface area contributed by atoms with Crippen LogP contribution in [-0.4, -0.2) is 35.9 Å². The number of hydrogen-bond acceptors (Lipinski definition) is 4. The highest BCUT2D eigenvalue weighted by molar-refractivity contribution is 7.99. The van der Waals surface area contributed by atoms with Crippen molar-refractivity contribution < 1.29 is 14.0 Å². The number of anilines is 1. The summed E-state index contributed by atoms with van der Waals surface area (Å²) in [5.74, 6) is 1.47. The van der Waals surface area contributed by atoms with E-state index in [1.54, 1.807) is 12.1 Å². The number of carbonyl (C=O) groups excluding carboxylic acids is 2. The Bertz CT molecular complexity index is 775. The fourth-order valence-electron chi connectivity index (χ4n) is 2.76. The Labute approximate surface area is 162 Å². The Morgan fingerprint density at radius 1 is 1.11 bits per heavy atom. The van der Waals surface area contributed by atoms with Gasteiger partial charge in [0.05, 0.1) is 0 Å². The maximum Gasteiger partial charge on any atom is 0.255 e. The molecule has 2 aromatic carbocycles. The maximum absolute atomic E-state index is 12.9. The summed E-state index contributed by atoms with van der Waals surface area (Å²) in [6.07, 6.45) is 0.477. The van der Waals surface area contributed by atoms with Crippen LogP contribution in [0.25, 0.3) is 0 Å². The summed E-state index contributed by atoms with van der Waals surface area (Å²) in [4.78, 5) is 24.2. The molecule has 3 rings (SSSR count). The Morgan fingerprint density at radius 2 is 1.85 bits per heavy atom. The predicted octanol–water partition coefficient (Wildman–Crippen LogP) is 2.79. The molecule has 5 nitrogen and oxygen atoms in total. The number of rotatable bonds is 6. The fourth-order valence-corrected chi connectivity index (χ4v) is 3.71. The number of halogens is 1. The molecule has 1 saturated heterocycles. The first-order valence-corrected chi connectivity index (χ1v) is 9.99. The quantitative estimate of drug-likeness (QED) is 0.713.